The average Bonchev–Trinajstić information content (AvgIpc) is 3.21. The zero-order chi connectivity index (χ0) is 23.5. The van der Waals surface area contributed by atoms with Gasteiger partial charge in [-0.1, -0.05) is 27.7 Å². The van der Waals surface area contributed by atoms with Crippen molar-refractivity contribution in [2.75, 3.05) is 26.2 Å². The van der Waals surface area contributed by atoms with Crippen LogP contribution in [-0.2, 0) is 28.7 Å². The van der Waals surface area contributed by atoms with E-state index in [1.54, 1.807) is 9.80 Å². The van der Waals surface area contributed by atoms with Gasteiger partial charge in [0.2, 0.25) is 0 Å². The van der Waals surface area contributed by atoms with E-state index in [9.17, 15) is 19.2 Å². The molecule has 2 aliphatic carbocycles. The van der Waals surface area contributed by atoms with E-state index in [-0.39, 0.29) is 23.8 Å². The third-order valence-corrected chi connectivity index (χ3v) is 10.7. The molecule has 3 aliphatic heterocycles. The second kappa shape index (κ2) is 5.86. The molecular formula is C24H34N2O6. The Morgan fingerprint density at radius 2 is 0.938 bits per heavy atom. The van der Waals surface area contributed by atoms with E-state index in [1.807, 2.05) is 41.5 Å². The maximum atomic E-state index is 13.6. The molecule has 8 heteroatoms. The summed E-state index contributed by atoms with van der Waals surface area (Å²) in [7, 11) is 0. The van der Waals surface area contributed by atoms with E-state index in [2.05, 4.69) is 0 Å². The standard InChI is InChI=1S/C24H34N2O6/c1-19(2)21(5)7-9-23(19,31-17(21)29)15(27)25-11-13-26(14-12-25)16(28)24-10-8-22(6,18(30)32-24)20(24,3)4/h7-14H2,1-6H3/t21-,22+,23-,24-/m1/s1. The van der Waals surface area contributed by atoms with Gasteiger partial charge in [-0.2, -0.15) is 0 Å². The number of hydrogen-bond donors (Lipinski definition) is 0. The number of rotatable bonds is 2. The van der Waals surface area contributed by atoms with Gasteiger partial charge in [0.15, 0.2) is 11.2 Å². The monoisotopic (exact) mass is 446 g/mol. The number of piperazine rings is 1. The summed E-state index contributed by atoms with van der Waals surface area (Å²) in [6.45, 7) is 13.1. The summed E-state index contributed by atoms with van der Waals surface area (Å²) in [4.78, 5) is 55.8. The van der Waals surface area contributed by atoms with Crippen molar-refractivity contribution < 1.29 is 28.7 Å². The third-order valence-electron chi connectivity index (χ3n) is 10.7. The largest absolute Gasteiger partial charge is 0.448 e. The smallest absolute Gasteiger partial charge is 0.313 e. The minimum atomic E-state index is -1.13. The van der Waals surface area contributed by atoms with Gasteiger partial charge < -0.3 is 19.3 Å². The molecule has 5 fully saturated rings. The fourth-order valence-electron chi connectivity index (χ4n) is 7.07. The van der Waals surface area contributed by atoms with Crippen molar-refractivity contribution in [1.82, 2.24) is 9.80 Å². The molecular weight excluding hydrogens is 412 g/mol. The van der Waals surface area contributed by atoms with Crippen molar-refractivity contribution in [3.63, 3.8) is 0 Å². The molecule has 0 N–H and O–H groups in total. The third kappa shape index (κ3) is 2.02. The molecule has 3 saturated heterocycles. The molecule has 0 unspecified atom stereocenters. The van der Waals surface area contributed by atoms with Crippen molar-refractivity contribution in [2.24, 2.45) is 21.7 Å². The fraction of sp³-hybridized carbons (Fsp3) is 0.833. The SMILES string of the molecule is CC1(C)[C@@]2(C)CC[C@]1(C(=O)N1CCN(C(=O)[C@@]34CC[C@](C)(C(=O)O3)C4(C)C)CC1)OC2=O. The van der Waals surface area contributed by atoms with Crippen LogP contribution in [0.4, 0.5) is 0 Å². The lowest BCUT2D eigenvalue weighted by molar-refractivity contribution is -0.179. The molecule has 32 heavy (non-hydrogen) atoms. The van der Waals surface area contributed by atoms with E-state index < -0.39 is 32.9 Å². The minimum absolute atomic E-state index is 0.150. The van der Waals surface area contributed by atoms with Crippen molar-refractivity contribution >= 4 is 23.8 Å². The molecule has 5 aliphatic rings. The number of amides is 2. The molecule has 0 radical (unpaired) electrons. The predicted octanol–water partition coefficient (Wildman–Crippen LogP) is 1.90. The first kappa shape index (κ1) is 21.7. The van der Waals surface area contributed by atoms with Crippen LogP contribution in [0.1, 0.15) is 67.2 Å². The summed E-state index contributed by atoms with van der Waals surface area (Å²) < 4.78 is 11.5. The van der Waals surface area contributed by atoms with Gasteiger partial charge in [-0.25, -0.2) is 0 Å². The zero-order valence-corrected chi connectivity index (χ0v) is 20.0. The van der Waals surface area contributed by atoms with Crippen molar-refractivity contribution in [3.8, 4) is 0 Å². The van der Waals surface area contributed by atoms with Gasteiger partial charge in [-0.3, -0.25) is 19.2 Å². The van der Waals surface area contributed by atoms with Crippen molar-refractivity contribution in [1.29, 1.82) is 0 Å². The molecule has 0 aromatic heterocycles. The normalized spacial score (nSPS) is 43.4. The molecule has 4 bridgehead atoms. The van der Waals surface area contributed by atoms with Crippen LogP contribution in [-0.4, -0.2) is 70.9 Å². The van der Waals surface area contributed by atoms with Gasteiger partial charge in [0.25, 0.3) is 11.8 Å². The summed E-state index contributed by atoms with van der Waals surface area (Å²) in [5, 5.41) is 0. The van der Waals surface area contributed by atoms with E-state index in [0.29, 0.717) is 51.9 Å². The molecule has 176 valence electrons. The summed E-state index contributed by atoms with van der Waals surface area (Å²) in [6, 6.07) is 0. The number of fused-ring (bicyclic) bond motifs is 4. The Morgan fingerprint density at radius 3 is 1.16 bits per heavy atom. The van der Waals surface area contributed by atoms with Crippen LogP contribution in [0, 0.1) is 21.7 Å². The Kier molecular flexibility index (Phi) is 3.98. The molecule has 0 aromatic rings. The summed E-state index contributed by atoms with van der Waals surface area (Å²) in [6.07, 6.45) is 2.35. The second-order valence-corrected chi connectivity index (χ2v) is 11.9. The minimum Gasteiger partial charge on any atom is -0.448 e. The number of ether oxygens (including phenoxy) is 2. The number of carbonyl (C=O) groups is 4. The lowest BCUT2D eigenvalue weighted by Gasteiger charge is -2.44. The summed E-state index contributed by atoms with van der Waals surface area (Å²) in [5.74, 6) is -0.874. The number of esters is 2. The van der Waals surface area contributed by atoms with Gasteiger partial charge >= 0.3 is 11.9 Å². The maximum absolute atomic E-state index is 13.6. The molecule has 2 amide bonds. The fourth-order valence-corrected chi connectivity index (χ4v) is 7.07. The van der Waals surface area contributed by atoms with E-state index in [0.717, 1.165) is 0 Å². The number of carbonyl (C=O) groups excluding carboxylic acids is 4. The van der Waals surface area contributed by atoms with Gasteiger partial charge in [0, 0.05) is 37.0 Å². The van der Waals surface area contributed by atoms with Gasteiger partial charge in [0.1, 0.15) is 0 Å². The van der Waals surface area contributed by atoms with Crippen LogP contribution in [0.25, 0.3) is 0 Å². The van der Waals surface area contributed by atoms with Crippen LogP contribution in [0.3, 0.4) is 0 Å². The van der Waals surface area contributed by atoms with Crippen molar-refractivity contribution in [3.05, 3.63) is 0 Å². The van der Waals surface area contributed by atoms with E-state index >= 15 is 0 Å². The first-order valence-electron chi connectivity index (χ1n) is 11.8. The second-order valence-electron chi connectivity index (χ2n) is 11.9. The number of nitrogens with zero attached hydrogens (tertiary/aromatic N) is 2. The lowest BCUT2D eigenvalue weighted by atomic mass is 9.66. The van der Waals surface area contributed by atoms with Crippen LogP contribution in [0.2, 0.25) is 0 Å². The molecule has 4 atom stereocenters. The van der Waals surface area contributed by atoms with Crippen LogP contribution >= 0.6 is 0 Å². The topological polar surface area (TPSA) is 93.2 Å². The van der Waals surface area contributed by atoms with Crippen LogP contribution in [0.5, 0.6) is 0 Å². The maximum Gasteiger partial charge on any atom is 0.313 e. The molecule has 2 saturated carbocycles. The molecule has 3 heterocycles. The Labute approximate surface area is 188 Å². The van der Waals surface area contributed by atoms with Crippen LogP contribution < -0.4 is 0 Å². The zero-order valence-electron chi connectivity index (χ0n) is 20.0. The Bertz CT molecular complexity index is 874. The summed E-state index contributed by atoms with van der Waals surface area (Å²) >= 11 is 0. The average molecular weight is 447 g/mol. The highest BCUT2D eigenvalue weighted by Gasteiger charge is 2.77. The van der Waals surface area contributed by atoms with Gasteiger partial charge in [0.05, 0.1) is 10.8 Å². The Hall–Kier alpha value is -2.12. The lowest BCUT2D eigenvalue weighted by Crippen LogP contribution is -2.62. The van der Waals surface area contributed by atoms with E-state index in [1.165, 1.54) is 0 Å². The van der Waals surface area contributed by atoms with Gasteiger partial charge in [-0.15, -0.1) is 0 Å². The molecule has 8 nitrogen and oxygen atoms in total. The first-order valence-corrected chi connectivity index (χ1v) is 11.8. The van der Waals surface area contributed by atoms with Gasteiger partial charge in [-0.05, 0) is 39.5 Å². The summed E-state index contributed by atoms with van der Waals surface area (Å²) in [5.41, 5.74) is -4.72. The quantitative estimate of drug-likeness (QED) is 0.602. The first-order chi connectivity index (χ1) is 14.7. The number of hydrogen-bond acceptors (Lipinski definition) is 6. The predicted molar refractivity (Wildman–Crippen MR) is 113 cm³/mol. The highest BCUT2D eigenvalue weighted by Crippen LogP contribution is 2.67. The molecule has 5 rings (SSSR count). The highest BCUT2D eigenvalue weighted by molar-refractivity contribution is 5.97. The highest BCUT2D eigenvalue weighted by atomic mass is 16.6. The van der Waals surface area contributed by atoms with E-state index in [4.69, 9.17) is 9.47 Å². The Balaban J connectivity index is 1.32. The molecule has 0 spiro atoms. The molecule has 0 aromatic carbocycles. The van der Waals surface area contributed by atoms with Crippen molar-refractivity contribution in [2.45, 2.75) is 78.4 Å². The Morgan fingerprint density at radius 1 is 0.625 bits per heavy atom. The van der Waals surface area contributed by atoms with Crippen LogP contribution in [0.15, 0.2) is 0 Å².